The molecule has 1 aliphatic carbocycles. The molecule has 0 amide bonds. The summed E-state index contributed by atoms with van der Waals surface area (Å²) in [4.78, 5) is 4.37. The molecule has 3 nitrogen and oxygen atoms in total. The Morgan fingerprint density at radius 3 is 2.72 bits per heavy atom. The molecule has 1 fully saturated rings. The van der Waals surface area contributed by atoms with Gasteiger partial charge in [0.05, 0.1) is 5.69 Å². The molecule has 1 heterocycles. The molecular weight excluding hydrogens is 244 g/mol. The minimum atomic E-state index is 0.810. The lowest BCUT2D eigenvalue weighted by Crippen LogP contribution is -2.26. The first-order chi connectivity index (χ1) is 8.75. The van der Waals surface area contributed by atoms with Crippen LogP contribution in [0.15, 0.2) is 9.64 Å². The molecule has 1 N–H and O–H groups in total. The van der Waals surface area contributed by atoms with Crippen LogP contribution in [-0.2, 0) is 0 Å². The lowest BCUT2D eigenvalue weighted by atomic mass is 9.89. The average Bonchev–Trinajstić information content (AvgIpc) is 2.70. The fraction of sp³-hybridized carbons (Fsp3) is 0.786. The van der Waals surface area contributed by atoms with Gasteiger partial charge in [-0.25, -0.2) is 4.98 Å². The second-order valence-electron chi connectivity index (χ2n) is 5.18. The summed E-state index contributed by atoms with van der Waals surface area (Å²) in [6.45, 7) is 6.18. The predicted molar refractivity (Wildman–Crippen MR) is 76.1 cm³/mol. The van der Waals surface area contributed by atoms with Gasteiger partial charge in [-0.05, 0) is 39.2 Å². The highest BCUT2D eigenvalue weighted by molar-refractivity contribution is 7.99. The van der Waals surface area contributed by atoms with E-state index in [1.54, 1.807) is 11.8 Å². The molecule has 0 spiro atoms. The van der Waals surface area contributed by atoms with Crippen LogP contribution in [-0.4, -0.2) is 23.8 Å². The van der Waals surface area contributed by atoms with Crippen LogP contribution in [0.25, 0.3) is 0 Å². The van der Waals surface area contributed by atoms with Crippen LogP contribution >= 0.6 is 11.8 Å². The molecule has 0 unspecified atom stereocenters. The molecule has 2 rings (SSSR count). The Hall–Kier alpha value is -0.480. The summed E-state index contributed by atoms with van der Waals surface area (Å²) in [5.74, 6) is 2.88. The molecule has 0 bridgehead atoms. The van der Waals surface area contributed by atoms with Crippen molar-refractivity contribution in [2.24, 2.45) is 5.92 Å². The number of aryl methyl sites for hydroxylation is 2. The Morgan fingerprint density at radius 2 is 2.06 bits per heavy atom. The highest BCUT2D eigenvalue weighted by Crippen LogP contribution is 2.23. The van der Waals surface area contributed by atoms with E-state index in [1.165, 1.54) is 38.6 Å². The van der Waals surface area contributed by atoms with Gasteiger partial charge in [-0.2, -0.15) is 0 Å². The Kier molecular flexibility index (Phi) is 5.57. The van der Waals surface area contributed by atoms with Gasteiger partial charge in [0, 0.05) is 12.3 Å². The van der Waals surface area contributed by atoms with Crippen LogP contribution in [0.5, 0.6) is 0 Å². The smallest absolute Gasteiger partial charge is 0.256 e. The first kappa shape index (κ1) is 13.9. The summed E-state index contributed by atoms with van der Waals surface area (Å²) >= 11 is 1.70. The van der Waals surface area contributed by atoms with E-state index in [1.807, 2.05) is 13.8 Å². The van der Waals surface area contributed by atoms with Gasteiger partial charge in [0.2, 0.25) is 0 Å². The lowest BCUT2D eigenvalue weighted by Gasteiger charge is -2.21. The van der Waals surface area contributed by atoms with Gasteiger partial charge in [-0.3, -0.25) is 0 Å². The zero-order valence-electron chi connectivity index (χ0n) is 11.5. The van der Waals surface area contributed by atoms with Gasteiger partial charge < -0.3 is 9.73 Å². The molecule has 18 heavy (non-hydrogen) atoms. The van der Waals surface area contributed by atoms with Gasteiger partial charge in [-0.1, -0.05) is 31.0 Å². The summed E-state index contributed by atoms with van der Waals surface area (Å²) in [6, 6.07) is 0. The van der Waals surface area contributed by atoms with E-state index < -0.39 is 0 Å². The number of hydrogen-bond acceptors (Lipinski definition) is 4. The molecule has 1 saturated carbocycles. The second-order valence-corrected chi connectivity index (χ2v) is 6.22. The van der Waals surface area contributed by atoms with Crippen LogP contribution in [0.2, 0.25) is 0 Å². The normalized spacial score (nSPS) is 17.2. The van der Waals surface area contributed by atoms with Crippen LogP contribution in [0.4, 0.5) is 0 Å². The third kappa shape index (κ3) is 4.32. The molecule has 1 aromatic heterocycles. The van der Waals surface area contributed by atoms with Crippen molar-refractivity contribution in [3.05, 3.63) is 11.5 Å². The topological polar surface area (TPSA) is 38.1 Å². The third-order valence-electron chi connectivity index (χ3n) is 3.67. The molecule has 0 aromatic carbocycles. The number of rotatable bonds is 6. The zero-order valence-corrected chi connectivity index (χ0v) is 12.3. The Balaban J connectivity index is 1.55. The monoisotopic (exact) mass is 268 g/mol. The third-order valence-corrected chi connectivity index (χ3v) is 4.50. The quantitative estimate of drug-likeness (QED) is 0.632. The van der Waals surface area contributed by atoms with Gasteiger partial charge in [0.1, 0.15) is 5.76 Å². The standard InChI is InChI=1S/C14H24N2OS/c1-11-12(2)17-14(16-11)18-9-8-15-10-13-6-4-3-5-7-13/h13,15H,3-10H2,1-2H3. The fourth-order valence-corrected chi connectivity index (χ4v) is 3.22. The number of thioether (sulfide) groups is 1. The van der Waals surface area contributed by atoms with Gasteiger partial charge in [-0.15, -0.1) is 0 Å². The van der Waals surface area contributed by atoms with E-state index in [0.29, 0.717) is 0 Å². The van der Waals surface area contributed by atoms with Crippen molar-refractivity contribution in [2.45, 2.75) is 51.2 Å². The summed E-state index contributed by atoms with van der Waals surface area (Å²) < 4.78 is 5.53. The highest BCUT2D eigenvalue weighted by atomic mass is 32.2. The highest BCUT2D eigenvalue weighted by Gasteiger charge is 2.12. The van der Waals surface area contributed by atoms with E-state index >= 15 is 0 Å². The van der Waals surface area contributed by atoms with Crippen LogP contribution in [0.3, 0.4) is 0 Å². The first-order valence-electron chi connectivity index (χ1n) is 7.03. The zero-order chi connectivity index (χ0) is 12.8. The minimum Gasteiger partial charge on any atom is -0.437 e. The summed E-state index contributed by atoms with van der Waals surface area (Å²) in [5, 5.41) is 4.37. The van der Waals surface area contributed by atoms with Crippen molar-refractivity contribution in [2.75, 3.05) is 18.8 Å². The van der Waals surface area contributed by atoms with Crippen molar-refractivity contribution < 1.29 is 4.42 Å². The molecule has 0 radical (unpaired) electrons. The fourth-order valence-electron chi connectivity index (χ4n) is 2.41. The Bertz CT molecular complexity index is 339. The van der Waals surface area contributed by atoms with E-state index in [9.17, 15) is 0 Å². The molecular formula is C14H24N2OS. The molecule has 0 saturated heterocycles. The van der Waals surface area contributed by atoms with Crippen molar-refractivity contribution in [3.8, 4) is 0 Å². The van der Waals surface area contributed by atoms with Crippen molar-refractivity contribution in [1.82, 2.24) is 10.3 Å². The summed E-state index contributed by atoms with van der Waals surface area (Å²) in [6.07, 6.45) is 7.12. The van der Waals surface area contributed by atoms with E-state index in [-0.39, 0.29) is 0 Å². The maximum atomic E-state index is 5.53. The largest absolute Gasteiger partial charge is 0.437 e. The minimum absolute atomic E-state index is 0.810. The number of oxazole rings is 1. The van der Waals surface area contributed by atoms with E-state index in [4.69, 9.17) is 4.42 Å². The Morgan fingerprint density at radius 1 is 1.28 bits per heavy atom. The lowest BCUT2D eigenvalue weighted by molar-refractivity contribution is 0.345. The van der Waals surface area contributed by atoms with Crippen LogP contribution in [0.1, 0.15) is 43.6 Å². The van der Waals surface area contributed by atoms with Crippen molar-refractivity contribution in [3.63, 3.8) is 0 Å². The Labute approximate surface area is 114 Å². The molecule has 1 aromatic rings. The summed E-state index contributed by atoms with van der Waals surface area (Å²) in [5.41, 5.74) is 1.01. The SMILES string of the molecule is Cc1nc(SCCNCC2CCCCC2)oc1C. The molecule has 4 heteroatoms. The first-order valence-corrected chi connectivity index (χ1v) is 8.02. The second kappa shape index (κ2) is 7.19. The summed E-state index contributed by atoms with van der Waals surface area (Å²) in [7, 11) is 0. The number of nitrogens with zero attached hydrogens (tertiary/aromatic N) is 1. The van der Waals surface area contributed by atoms with E-state index in [2.05, 4.69) is 10.3 Å². The van der Waals surface area contributed by atoms with Crippen molar-refractivity contribution >= 4 is 11.8 Å². The van der Waals surface area contributed by atoms with Gasteiger partial charge in [0.25, 0.3) is 5.22 Å². The van der Waals surface area contributed by atoms with Crippen LogP contribution < -0.4 is 5.32 Å². The number of aromatic nitrogens is 1. The molecule has 102 valence electrons. The maximum absolute atomic E-state index is 5.53. The number of nitrogens with one attached hydrogen (secondary N) is 1. The average molecular weight is 268 g/mol. The van der Waals surface area contributed by atoms with E-state index in [0.717, 1.165) is 34.9 Å². The number of hydrogen-bond donors (Lipinski definition) is 1. The van der Waals surface area contributed by atoms with Crippen molar-refractivity contribution in [1.29, 1.82) is 0 Å². The van der Waals surface area contributed by atoms with Gasteiger partial charge >= 0.3 is 0 Å². The molecule has 0 aliphatic heterocycles. The molecule has 0 atom stereocenters. The van der Waals surface area contributed by atoms with Gasteiger partial charge in [0.15, 0.2) is 0 Å². The molecule has 1 aliphatic rings. The maximum Gasteiger partial charge on any atom is 0.256 e. The van der Waals surface area contributed by atoms with Crippen LogP contribution in [0, 0.1) is 19.8 Å². The predicted octanol–water partition coefficient (Wildman–Crippen LogP) is 3.55.